The highest BCUT2D eigenvalue weighted by molar-refractivity contribution is 7.91. The summed E-state index contributed by atoms with van der Waals surface area (Å²) in [5, 5.41) is 0. The van der Waals surface area contributed by atoms with Crippen LogP contribution in [0.15, 0.2) is 0 Å². The molecule has 1 aliphatic heterocycles. The molecule has 17 heavy (non-hydrogen) atoms. The van der Waals surface area contributed by atoms with Gasteiger partial charge in [0.1, 0.15) is 0 Å². The van der Waals surface area contributed by atoms with Crippen LogP contribution in [0.3, 0.4) is 0 Å². The largest absolute Gasteiger partial charge is 0.330 e. The minimum absolute atomic E-state index is 0.322. The third-order valence-electron chi connectivity index (χ3n) is 3.52. The third kappa shape index (κ3) is 5.84. The molecule has 1 heterocycles. The van der Waals surface area contributed by atoms with Gasteiger partial charge in [-0.3, -0.25) is 0 Å². The van der Waals surface area contributed by atoms with Crippen molar-refractivity contribution in [2.24, 2.45) is 11.7 Å². The summed E-state index contributed by atoms with van der Waals surface area (Å²) in [6.45, 7) is 5.46. The Kier molecular flexibility index (Phi) is 6.44. The second kappa shape index (κ2) is 7.34. The first-order valence-electron chi connectivity index (χ1n) is 6.70. The molecule has 0 bridgehead atoms. The van der Waals surface area contributed by atoms with Gasteiger partial charge in [0.25, 0.3) is 0 Å². The Morgan fingerprint density at radius 2 is 1.88 bits per heavy atom. The lowest BCUT2D eigenvalue weighted by Gasteiger charge is -2.31. The van der Waals surface area contributed by atoms with Crippen molar-refractivity contribution < 1.29 is 8.42 Å². The van der Waals surface area contributed by atoms with Crippen LogP contribution in [-0.2, 0) is 9.84 Å². The van der Waals surface area contributed by atoms with Gasteiger partial charge in [-0.15, -0.1) is 0 Å². The van der Waals surface area contributed by atoms with E-state index in [2.05, 4.69) is 4.90 Å². The Morgan fingerprint density at radius 1 is 1.24 bits per heavy atom. The molecule has 2 N–H and O–H groups in total. The van der Waals surface area contributed by atoms with E-state index in [1.807, 2.05) is 6.92 Å². The Labute approximate surface area is 105 Å². The average Bonchev–Trinajstić information content (AvgIpc) is 2.29. The predicted molar refractivity (Wildman–Crippen MR) is 71.8 cm³/mol. The lowest BCUT2D eigenvalue weighted by Crippen LogP contribution is -2.37. The Hall–Kier alpha value is -0.130. The maximum absolute atomic E-state index is 11.6. The van der Waals surface area contributed by atoms with E-state index in [1.165, 1.54) is 12.8 Å². The number of nitrogens with zero attached hydrogens (tertiary/aromatic N) is 1. The van der Waals surface area contributed by atoms with E-state index in [0.717, 1.165) is 38.4 Å². The fraction of sp³-hybridized carbons (Fsp3) is 1.00. The summed E-state index contributed by atoms with van der Waals surface area (Å²) < 4.78 is 23.2. The standard InChI is InChI=1S/C12H26N2O2S/c1-2-10-17(15,16)11-9-14-7-4-12(3-6-13)5-8-14/h12H,2-11,13H2,1H3. The van der Waals surface area contributed by atoms with Crippen molar-refractivity contribution in [3.63, 3.8) is 0 Å². The van der Waals surface area contributed by atoms with Crippen molar-refractivity contribution >= 4 is 9.84 Å². The van der Waals surface area contributed by atoms with Gasteiger partial charge in [-0.2, -0.15) is 0 Å². The Bertz CT molecular complexity index is 296. The van der Waals surface area contributed by atoms with Crippen molar-refractivity contribution in [2.45, 2.75) is 32.6 Å². The van der Waals surface area contributed by atoms with Gasteiger partial charge in [0.2, 0.25) is 0 Å². The van der Waals surface area contributed by atoms with Crippen LogP contribution in [0.2, 0.25) is 0 Å². The number of rotatable bonds is 7. The van der Waals surface area contributed by atoms with Crippen LogP contribution in [0.1, 0.15) is 32.6 Å². The van der Waals surface area contributed by atoms with Crippen LogP contribution in [0.4, 0.5) is 0 Å². The molecule has 0 saturated carbocycles. The molecule has 0 aromatic rings. The SMILES string of the molecule is CCCS(=O)(=O)CCN1CCC(CCN)CC1. The second-order valence-corrected chi connectivity index (χ2v) is 7.32. The molecule has 0 unspecified atom stereocenters. The third-order valence-corrected chi connectivity index (χ3v) is 5.35. The number of nitrogens with two attached hydrogens (primary N) is 1. The zero-order chi connectivity index (χ0) is 12.7. The van der Waals surface area contributed by atoms with Crippen LogP contribution < -0.4 is 5.73 Å². The van der Waals surface area contributed by atoms with Gasteiger partial charge in [-0.25, -0.2) is 8.42 Å². The maximum Gasteiger partial charge on any atom is 0.151 e. The fourth-order valence-corrected chi connectivity index (χ4v) is 3.78. The lowest BCUT2D eigenvalue weighted by molar-refractivity contribution is 0.189. The lowest BCUT2D eigenvalue weighted by atomic mass is 9.94. The summed E-state index contributed by atoms with van der Waals surface area (Å²) >= 11 is 0. The average molecular weight is 262 g/mol. The van der Waals surface area contributed by atoms with Crippen LogP contribution in [0, 0.1) is 5.92 Å². The number of hydrogen-bond donors (Lipinski definition) is 1. The first-order valence-corrected chi connectivity index (χ1v) is 8.52. The van der Waals surface area contributed by atoms with Crippen molar-refractivity contribution in [3.8, 4) is 0 Å². The zero-order valence-electron chi connectivity index (χ0n) is 10.9. The summed E-state index contributed by atoms with van der Waals surface area (Å²) in [5.74, 6) is 1.41. The van der Waals surface area contributed by atoms with Crippen molar-refractivity contribution in [2.75, 3.05) is 37.7 Å². The van der Waals surface area contributed by atoms with Gasteiger partial charge < -0.3 is 10.6 Å². The van der Waals surface area contributed by atoms with E-state index in [0.29, 0.717) is 18.1 Å². The van der Waals surface area contributed by atoms with E-state index in [9.17, 15) is 8.42 Å². The Morgan fingerprint density at radius 3 is 2.41 bits per heavy atom. The first-order chi connectivity index (χ1) is 8.07. The minimum atomic E-state index is -2.82. The predicted octanol–water partition coefficient (Wildman–Crippen LogP) is 0.872. The molecule has 0 aliphatic carbocycles. The molecule has 0 aromatic carbocycles. The van der Waals surface area contributed by atoms with Crippen LogP contribution in [0.25, 0.3) is 0 Å². The van der Waals surface area contributed by atoms with E-state index >= 15 is 0 Å². The number of sulfone groups is 1. The molecule has 0 spiro atoms. The number of piperidine rings is 1. The molecule has 102 valence electrons. The summed E-state index contributed by atoms with van der Waals surface area (Å²) in [5.41, 5.74) is 5.55. The molecule has 1 aliphatic rings. The van der Waals surface area contributed by atoms with Gasteiger partial charge in [0, 0.05) is 12.3 Å². The minimum Gasteiger partial charge on any atom is -0.330 e. The molecule has 0 aromatic heterocycles. The second-order valence-electron chi connectivity index (χ2n) is 5.01. The van der Waals surface area contributed by atoms with Crippen LogP contribution in [-0.4, -0.2) is 51.0 Å². The van der Waals surface area contributed by atoms with Gasteiger partial charge in [0.05, 0.1) is 5.75 Å². The molecular formula is C12H26N2O2S. The molecule has 1 fully saturated rings. The molecule has 0 amide bonds. The molecule has 5 heteroatoms. The highest BCUT2D eigenvalue weighted by atomic mass is 32.2. The van der Waals surface area contributed by atoms with Gasteiger partial charge in [0.15, 0.2) is 9.84 Å². The topological polar surface area (TPSA) is 63.4 Å². The van der Waals surface area contributed by atoms with Crippen molar-refractivity contribution in [1.29, 1.82) is 0 Å². The van der Waals surface area contributed by atoms with E-state index < -0.39 is 9.84 Å². The van der Waals surface area contributed by atoms with Gasteiger partial charge in [-0.05, 0) is 51.2 Å². The molecule has 0 radical (unpaired) electrons. The van der Waals surface area contributed by atoms with E-state index in [1.54, 1.807) is 0 Å². The molecule has 4 nitrogen and oxygen atoms in total. The number of hydrogen-bond acceptors (Lipinski definition) is 4. The summed E-state index contributed by atoms with van der Waals surface area (Å²) in [6, 6.07) is 0. The molecule has 0 atom stereocenters. The highest BCUT2D eigenvalue weighted by Gasteiger charge is 2.20. The Balaban J connectivity index is 2.22. The quantitative estimate of drug-likeness (QED) is 0.739. The first kappa shape index (κ1) is 14.9. The van der Waals surface area contributed by atoms with Crippen LogP contribution in [0.5, 0.6) is 0 Å². The summed E-state index contributed by atoms with van der Waals surface area (Å²) in [6.07, 6.45) is 4.18. The van der Waals surface area contributed by atoms with Gasteiger partial charge >= 0.3 is 0 Å². The fourth-order valence-electron chi connectivity index (χ4n) is 2.42. The smallest absolute Gasteiger partial charge is 0.151 e. The van der Waals surface area contributed by atoms with Crippen molar-refractivity contribution in [1.82, 2.24) is 4.90 Å². The highest BCUT2D eigenvalue weighted by Crippen LogP contribution is 2.19. The van der Waals surface area contributed by atoms with Crippen LogP contribution >= 0.6 is 0 Å². The maximum atomic E-state index is 11.6. The normalized spacial score (nSPS) is 19.6. The molecule has 1 rings (SSSR count). The summed E-state index contributed by atoms with van der Waals surface area (Å²) in [4.78, 5) is 2.28. The monoisotopic (exact) mass is 262 g/mol. The van der Waals surface area contributed by atoms with E-state index in [4.69, 9.17) is 5.73 Å². The number of likely N-dealkylation sites (tertiary alicyclic amines) is 1. The molecule has 1 saturated heterocycles. The molecular weight excluding hydrogens is 236 g/mol. The zero-order valence-corrected chi connectivity index (χ0v) is 11.7. The van der Waals surface area contributed by atoms with Gasteiger partial charge in [-0.1, -0.05) is 6.92 Å². The summed E-state index contributed by atoms with van der Waals surface area (Å²) in [7, 11) is -2.82. The van der Waals surface area contributed by atoms with Crippen molar-refractivity contribution in [3.05, 3.63) is 0 Å². The van der Waals surface area contributed by atoms with E-state index in [-0.39, 0.29) is 0 Å².